The highest BCUT2D eigenvalue weighted by molar-refractivity contribution is 5.88. The molecule has 0 spiro atoms. The van der Waals surface area contributed by atoms with Crippen molar-refractivity contribution in [1.82, 2.24) is 15.2 Å². The summed E-state index contributed by atoms with van der Waals surface area (Å²) in [6.07, 6.45) is 2.10. The largest absolute Gasteiger partial charge is 0.495 e. The topological polar surface area (TPSA) is 40.3 Å². The molecule has 0 bridgehead atoms. The molecule has 0 amide bonds. The number of methoxy groups -OCH3 is 1. The second kappa shape index (κ2) is 4.63. The number of fused-ring (bicyclic) bond motifs is 1. The molecule has 1 aromatic carbocycles. The van der Waals surface area contributed by atoms with Gasteiger partial charge in [0, 0.05) is 37.3 Å². The van der Waals surface area contributed by atoms with Gasteiger partial charge in [-0.3, -0.25) is 0 Å². The standard InChI is InChI=1S/C14H19N3O/c1-17-7-6-15-12(9-17)11-8-16-14-10(11)4-3-5-13(14)18-2/h3-5,8,12,15-16H,6-7,9H2,1-2H3. The fourth-order valence-corrected chi connectivity index (χ4v) is 2.71. The summed E-state index contributed by atoms with van der Waals surface area (Å²) in [5.74, 6) is 0.905. The first-order chi connectivity index (χ1) is 8.79. The van der Waals surface area contributed by atoms with E-state index >= 15 is 0 Å². The van der Waals surface area contributed by atoms with Crippen LogP contribution in [0.25, 0.3) is 10.9 Å². The average Bonchev–Trinajstić information content (AvgIpc) is 2.82. The molecule has 2 aromatic rings. The zero-order valence-electron chi connectivity index (χ0n) is 10.9. The molecule has 0 aliphatic carbocycles. The Balaban J connectivity index is 2.02. The van der Waals surface area contributed by atoms with E-state index in [2.05, 4.69) is 34.5 Å². The van der Waals surface area contributed by atoms with Gasteiger partial charge in [-0.1, -0.05) is 12.1 Å². The molecule has 1 saturated heterocycles. The van der Waals surface area contributed by atoms with Crippen molar-refractivity contribution >= 4 is 10.9 Å². The summed E-state index contributed by atoms with van der Waals surface area (Å²) in [5, 5.41) is 4.83. The Morgan fingerprint density at radius 3 is 3.06 bits per heavy atom. The Kier molecular flexibility index (Phi) is 2.97. The van der Waals surface area contributed by atoms with Gasteiger partial charge in [0.15, 0.2) is 0 Å². The summed E-state index contributed by atoms with van der Waals surface area (Å²) in [6, 6.07) is 6.58. The van der Waals surface area contributed by atoms with Gasteiger partial charge in [-0.25, -0.2) is 0 Å². The van der Waals surface area contributed by atoms with Crippen LogP contribution in [0.3, 0.4) is 0 Å². The third kappa shape index (κ3) is 1.87. The van der Waals surface area contributed by atoms with Crippen molar-refractivity contribution in [1.29, 1.82) is 0 Å². The Morgan fingerprint density at radius 2 is 2.28 bits per heavy atom. The van der Waals surface area contributed by atoms with E-state index in [4.69, 9.17) is 4.74 Å². The van der Waals surface area contributed by atoms with Crippen LogP contribution in [0.1, 0.15) is 11.6 Å². The van der Waals surface area contributed by atoms with Crippen molar-refractivity contribution in [2.24, 2.45) is 0 Å². The number of hydrogen-bond acceptors (Lipinski definition) is 3. The van der Waals surface area contributed by atoms with E-state index in [1.165, 1.54) is 10.9 Å². The number of aromatic amines is 1. The number of rotatable bonds is 2. The van der Waals surface area contributed by atoms with Crippen molar-refractivity contribution < 1.29 is 4.74 Å². The van der Waals surface area contributed by atoms with Crippen LogP contribution in [-0.4, -0.2) is 43.7 Å². The average molecular weight is 245 g/mol. The number of likely N-dealkylation sites (N-methyl/N-ethyl adjacent to an activating group) is 1. The highest BCUT2D eigenvalue weighted by Gasteiger charge is 2.21. The predicted molar refractivity (Wildman–Crippen MR) is 73.1 cm³/mol. The van der Waals surface area contributed by atoms with Crippen molar-refractivity contribution in [3.63, 3.8) is 0 Å². The van der Waals surface area contributed by atoms with Crippen LogP contribution in [0.2, 0.25) is 0 Å². The van der Waals surface area contributed by atoms with E-state index < -0.39 is 0 Å². The van der Waals surface area contributed by atoms with Gasteiger partial charge in [0.2, 0.25) is 0 Å². The minimum absolute atomic E-state index is 0.393. The maximum atomic E-state index is 5.39. The number of ether oxygens (including phenoxy) is 1. The molecule has 4 nitrogen and oxygen atoms in total. The smallest absolute Gasteiger partial charge is 0.142 e. The summed E-state index contributed by atoms with van der Waals surface area (Å²) in [4.78, 5) is 5.70. The fourth-order valence-electron chi connectivity index (χ4n) is 2.71. The SMILES string of the molecule is COc1cccc2c(C3CN(C)CCN3)c[nH]c12. The lowest BCUT2D eigenvalue weighted by Crippen LogP contribution is -2.43. The molecule has 2 heterocycles. The number of aromatic nitrogens is 1. The van der Waals surface area contributed by atoms with E-state index in [0.29, 0.717) is 6.04 Å². The molecule has 2 N–H and O–H groups in total. The van der Waals surface area contributed by atoms with Crippen molar-refractivity contribution in [2.75, 3.05) is 33.8 Å². The van der Waals surface area contributed by atoms with E-state index in [1.54, 1.807) is 7.11 Å². The maximum absolute atomic E-state index is 5.39. The third-order valence-corrected chi connectivity index (χ3v) is 3.68. The maximum Gasteiger partial charge on any atom is 0.142 e. The lowest BCUT2D eigenvalue weighted by atomic mass is 10.0. The van der Waals surface area contributed by atoms with Gasteiger partial charge in [-0.15, -0.1) is 0 Å². The molecule has 1 unspecified atom stereocenters. The number of piperazine rings is 1. The van der Waals surface area contributed by atoms with Crippen molar-refractivity contribution in [2.45, 2.75) is 6.04 Å². The second-order valence-corrected chi connectivity index (χ2v) is 4.90. The molecule has 1 atom stereocenters. The second-order valence-electron chi connectivity index (χ2n) is 4.90. The van der Waals surface area contributed by atoms with Gasteiger partial charge < -0.3 is 19.9 Å². The van der Waals surface area contributed by atoms with Gasteiger partial charge in [-0.2, -0.15) is 0 Å². The summed E-state index contributed by atoms with van der Waals surface area (Å²) >= 11 is 0. The van der Waals surface area contributed by atoms with Crippen LogP contribution >= 0.6 is 0 Å². The van der Waals surface area contributed by atoms with Crippen molar-refractivity contribution in [3.8, 4) is 5.75 Å². The Morgan fingerprint density at radius 1 is 1.39 bits per heavy atom. The molecule has 96 valence electrons. The van der Waals surface area contributed by atoms with Crippen LogP contribution < -0.4 is 10.1 Å². The number of H-pyrrole nitrogens is 1. The van der Waals surface area contributed by atoms with Gasteiger partial charge in [-0.05, 0) is 18.7 Å². The summed E-state index contributed by atoms with van der Waals surface area (Å²) < 4.78 is 5.39. The zero-order valence-corrected chi connectivity index (χ0v) is 10.9. The molecular formula is C14H19N3O. The molecule has 3 rings (SSSR count). The first-order valence-corrected chi connectivity index (χ1v) is 6.35. The zero-order chi connectivity index (χ0) is 12.5. The van der Waals surface area contributed by atoms with E-state index in [9.17, 15) is 0 Å². The van der Waals surface area contributed by atoms with Crippen LogP contribution in [0.15, 0.2) is 24.4 Å². The molecule has 1 aliphatic rings. The first-order valence-electron chi connectivity index (χ1n) is 6.35. The van der Waals surface area contributed by atoms with Crippen LogP contribution in [0.5, 0.6) is 5.75 Å². The lowest BCUT2D eigenvalue weighted by Gasteiger charge is -2.30. The van der Waals surface area contributed by atoms with Crippen LogP contribution in [0.4, 0.5) is 0 Å². The lowest BCUT2D eigenvalue weighted by molar-refractivity contribution is 0.241. The minimum Gasteiger partial charge on any atom is -0.495 e. The molecule has 0 saturated carbocycles. The molecule has 1 aliphatic heterocycles. The molecule has 1 aromatic heterocycles. The van der Waals surface area contributed by atoms with E-state index in [0.717, 1.165) is 30.9 Å². The number of nitrogens with zero attached hydrogens (tertiary/aromatic N) is 1. The van der Waals surface area contributed by atoms with Gasteiger partial charge >= 0.3 is 0 Å². The Bertz CT molecular complexity index is 549. The minimum atomic E-state index is 0.393. The van der Waals surface area contributed by atoms with Gasteiger partial charge in [0.1, 0.15) is 5.75 Å². The van der Waals surface area contributed by atoms with Crippen LogP contribution in [0, 0.1) is 0 Å². The summed E-state index contributed by atoms with van der Waals surface area (Å²) in [6.45, 7) is 3.20. The van der Waals surface area contributed by atoms with Crippen LogP contribution in [-0.2, 0) is 0 Å². The molecule has 18 heavy (non-hydrogen) atoms. The quantitative estimate of drug-likeness (QED) is 0.847. The summed E-state index contributed by atoms with van der Waals surface area (Å²) in [7, 11) is 3.88. The molecular weight excluding hydrogens is 226 g/mol. The number of benzene rings is 1. The highest BCUT2D eigenvalue weighted by atomic mass is 16.5. The predicted octanol–water partition coefficient (Wildman–Crippen LogP) is 1.75. The number of nitrogens with one attached hydrogen (secondary N) is 2. The van der Waals surface area contributed by atoms with Crippen molar-refractivity contribution in [3.05, 3.63) is 30.0 Å². The highest BCUT2D eigenvalue weighted by Crippen LogP contribution is 2.31. The Hall–Kier alpha value is -1.52. The van der Waals surface area contributed by atoms with E-state index in [-0.39, 0.29) is 0 Å². The fraction of sp³-hybridized carbons (Fsp3) is 0.429. The Labute approximate surface area is 107 Å². The molecule has 0 radical (unpaired) electrons. The van der Waals surface area contributed by atoms with Gasteiger partial charge in [0.05, 0.1) is 12.6 Å². The normalized spacial score (nSPS) is 21.3. The molecule has 1 fully saturated rings. The first kappa shape index (κ1) is 11.6. The number of para-hydroxylation sites is 1. The van der Waals surface area contributed by atoms with E-state index in [1.807, 2.05) is 12.1 Å². The third-order valence-electron chi connectivity index (χ3n) is 3.68. The monoisotopic (exact) mass is 245 g/mol. The summed E-state index contributed by atoms with van der Waals surface area (Å²) in [5.41, 5.74) is 2.42. The number of hydrogen-bond donors (Lipinski definition) is 2. The van der Waals surface area contributed by atoms with Gasteiger partial charge in [0.25, 0.3) is 0 Å². The molecule has 4 heteroatoms.